The van der Waals surface area contributed by atoms with Crippen molar-refractivity contribution in [3.8, 4) is 0 Å². The number of hydrogen-bond donors (Lipinski definition) is 1. The number of amides is 1. The van der Waals surface area contributed by atoms with Crippen molar-refractivity contribution in [2.45, 2.75) is 50.9 Å². The third-order valence-corrected chi connectivity index (χ3v) is 4.84. The molecular formula is C19H26N4OS. The molecule has 0 spiro atoms. The predicted molar refractivity (Wildman–Crippen MR) is 103 cm³/mol. The summed E-state index contributed by atoms with van der Waals surface area (Å²) in [5, 5.41) is 12.3. The van der Waals surface area contributed by atoms with Crippen molar-refractivity contribution in [1.82, 2.24) is 20.1 Å². The second kappa shape index (κ2) is 10.0. The van der Waals surface area contributed by atoms with Gasteiger partial charge in [0.05, 0.1) is 11.8 Å². The van der Waals surface area contributed by atoms with Crippen LogP contribution >= 0.6 is 11.8 Å². The first-order chi connectivity index (χ1) is 12.2. The van der Waals surface area contributed by atoms with Crippen molar-refractivity contribution in [2.24, 2.45) is 0 Å². The first-order valence-electron chi connectivity index (χ1n) is 8.65. The zero-order chi connectivity index (χ0) is 18.1. The Balaban J connectivity index is 1.92. The van der Waals surface area contributed by atoms with E-state index in [0.717, 1.165) is 35.8 Å². The Kier molecular flexibility index (Phi) is 7.73. The van der Waals surface area contributed by atoms with Crippen LogP contribution < -0.4 is 5.32 Å². The van der Waals surface area contributed by atoms with Gasteiger partial charge in [0, 0.05) is 13.0 Å². The molecule has 0 saturated heterocycles. The van der Waals surface area contributed by atoms with E-state index in [2.05, 4.69) is 29.0 Å². The molecule has 1 N–H and O–H groups in total. The summed E-state index contributed by atoms with van der Waals surface area (Å²) in [5.41, 5.74) is 1.09. The van der Waals surface area contributed by atoms with E-state index in [9.17, 15) is 4.79 Å². The quantitative estimate of drug-likeness (QED) is 0.519. The van der Waals surface area contributed by atoms with Crippen LogP contribution in [0.2, 0.25) is 0 Å². The zero-order valence-corrected chi connectivity index (χ0v) is 15.8. The van der Waals surface area contributed by atoms with Crippen molar-refractivity contribution < 1.29 is 4.79 Å². The van der Waals surface area contributed by atoms with Gasteiger partial charge in [0.15, 0.2) is 5.16 Å². The van der Waals surface area contributed by atoms with Crippen LogP contribution in [0.15, 0.2) is 48.1 Å². The first-order valence-corrected chi connectivity index (χ1v) is 9.64. The SMILES string of the molecule is C=CCn1c(CCCC)nnc1SCC(=O)N[C@H](C)c1ccccc1. The lowest BCUT2D eigenvalue weighted by Crippen LogP contribution is -2.28. The Bertz CT molecular complexity index is 684. The molecule has 25 heavy (non-hydrogen) atoms. The second-order valence-electron chi connectivity index (χ2n) is 5.89. The van der Waals surface area contributed by atoms with E-state index in [4.69, 9.17) is 0 Å². The second-order valence-corrected chi connectivity index (χ2v) is 6.83. The molecule has 6 heteroatoms. The molecule has 0 aliphatic heterocycles. The maximum absolute atomic E-state index is 12.2. The minimum atomic E-state index is -0.0135. The molecular weight excluding hydrogens is 332 g/mol. The molecule has 1 amide bonds. The Morgan fingerprint density at radius 2 is 2.12 bits per heavy atom. The Labute approximate surface area is 153 Å². The molecule has 1 aromatic carbocycles. The maximum atomic E-state index is 12.2. The van der Waals surface area contributed by atoms with Crippen LogP contribution in [0.3, 0.4) is 0 Å². The highest BCUT2D eigenvalue weighted by Crippen LogP contribution is 2.19. The molecule has 1 aromatic heterocycles. The van der Waals surface area contributed by atoms with Crippen LogP contribution in [-0.2, 0) is 17.8 Å². The Morgan fingerprint density at radius 3 is 2.80 bits per heavy atom. The van der Waals surface area contributed by atoms with Crippen LogP contribution in [0.5, 0.6) is 0 Å². The molecule has 0 unspecified atom stereocenters. The number of carbonyl (C=O) groups is 1. The highest BCUT2D eigenvalue weighted by molar-refractivity contribution is 7.99. The number of aromatic nitrogens is 3. The summed E-state index contributed by atoms with van der Waals surface area (Å²) >= 11 is 1.42. The summed E-state index contributed by atoms with van der Waals surface area (Å²) in [7, 11) is 0. The van der Waals surface area contributed by atoms with Gasteiger partial charge in [0.1, 0.15) is 5.82 Å². The molecule has 5 nitrogen and oxygen atoms in total. The molecule has 2 rings (SSSR count). The molecule has 1 atom stereocenters. The number of unbranched alkanes of at least 4 members (excludes halogenated alkanes) is 1. The predicted octanol–water partition coefficient (Wildman–Crippen LogP) is 3.78. The molecule has 1 heterocycles. The van der Waals surface area contributed by atoms with Gasteiger partial charge in [-0.15, -0.1) is 16.8 Å². The Hall–Kier alpha value is -2.08. The highest BCUT2D eigenvalue weighted by Gasteiger charge is 2.14. The monoisotopic (exact) mass is 358 g/mol. The van der Waals surface area contributed by atoms with Gasteiger partial charge in [-0.3, -0.25) is 4.79 Å². The first kappa shape index (κ1) is 19.2. The van der Waals surface area contributed by atoms with Crippen LogP contribution in [0, 0.1) is 0 Å². The number of carbonyl (C=O) groups excluding carboxylic acids is 1. The molecule has 0 saturated carbocycles. The minimum absolute atomic E-state index is 0.00962. The molecule has 0 bridgehead atoms. The Morgan fingerprint density at radius 1 is 1.36 bits per heavy atom. The summed E-state index contributed by atoms with van der Waals surface area (Å²) < 4.78 is 2.04. The average molecular weight is 359 g/mol. The summed E-state index contributed by atoms with van der Waals surface area (Å²) in [4.78, 5) is 12.2. The fourth-order valence-electron chi connectivity index (χ4n) is 2.50. The molecule has 134 valence electrons. The van der Waals surface area contributed by atoms with Gasteiger partial charge >= 0.3 is 0 Å². The normalized spacial score (nSPS) is 11.9. The van der Waals surface area contributed by atoms with Gasteiger partial charge in [-0.25, -0.2) is 0 Å². The van der Waals surface area contributed by atoms with Gasteiger partial charge in [0.25, 0.3) is 0 Å². The van der Waals surface area contributed by atoms with Gasteiger partial charge in [-0.1, -0.05) is 61.5 Å². The number of nitrogens with zero attached hydrogens (tertiary/aromatic N) is 3. The smallest absolute Gasteiger partial charge is 0.230 e. The minimum Gasteiger partial charge on any atom is -0.349 e. The van der Waals surface area contributed by atoms with E-state index >= 15 is 0 Å². The van der Waals surface area contributed by atoms with Crippen molar-refractivity contribution in [2.75, 3.05) is 5.75 Å². The number of rotatable bonds is 10. The molecule has 2 aromatic rings. The van der Waals surface area contributed by atoms with Crippen molar-refractivity contribution in [3.05, 3.63) is 54.4 Å². The average Bonchev–Trinajstić information content (AvgIpc) is 3.01. The highest BCUT2D eigenvalue weighted by atomic mass is 32.2. The van der Waals surface area contributed by atoms with Gasteiger partial charge < -0.3 is 9.88 Å². The summed E-state index contributed by atoms with van der Waals surface area (Å²) in [6.07, 6.45) is 4.92. The van der Waals surface area contributed by atoms with Crippen molar-refractivity contribution >= 4 is 17.7 Å². The lowest BCUT2D eigenvalue weighted by Gasteiger charge is -2.14. The zero-order valence-electron chi connectivity index (χ0n) is 14.9. The van der Waals surface area contributed by atoms with Crippen LogP contribution in [0.1, 0.15) is 44.1 Å². The standard InChI is InChI=1S/C19H26N4OS/c1-4-6-12-17-21-22-19(23(17)13-5-2)25-14-18(24)20-15(3)16-10-8-7-9-11-16/h5,7-11,15H,2,4,6,12-14H2,1,3H3,(H,20,24)/t15-/m1/s1. The van der Waals surface area contributed by atoms with E-state index in [0.29, 0.717) is 12.3 Å². The third-order valence-electron chi connectivity index (χ3n) is 3.87. The summed E-state index contributed by atoms with van der Waals surface area (Å²) in [5.74, 6) is 1.27. The lowest BCUT2D eigenvalue weighted by molar-refractivity contribution is -0.119. The number of benzene rings is 1. The molecule has 0 radical (unpaired) electrons. The largest absolute Gasteiger partial charge is 0.349 e. The fraction of sp³-hybridized carbons (Fsp3) is 0.421. The number of thioether (sulfide) groups is 1. The maximum Gasteiger partial charge on any atom is 0.230 e. The number of hydrogen-bond acceptors (Lipinski definition) is 4. The topological polar surface area (TPSA) is 59.8 Å². The summed E-state index contributed by atoms with van der Waals surface area (Å²) in [6, 6.07) is 9.93. The van der Waals surface area contributed by atoms with Crippen LogP contribution in [0.25, 0.3) is 0 Å². The number of allylic oxidation sites excluding steroid dienone is 1. The van der Waals surface area contributed by atoms with Gasteiger partial charge in [-0.05, 0) is 18.9 Å². The third kappa shape index (κ3) is 5.74. The van der Waals surface area contributed by atoms with Crippen LogP contribution in [0.4, 0.5) is 0 Å². The fourth-order valence-corrected chi connectivity index (χ4v) is 3.27. The molecule has 0 fully saturated rings. The lowest BCUT2D eigenvalue weighted by atomic mass is 10.1. The van der Waals surface area contributed by atoms with E-state index < -0.39 is 0 Å². The van der Waals surface area contributed by atoms with Crippen LogP contribution in [-0.4, -0.2) is 26.4 Å². The number of nitrogens with one attached hydrogen (secondary N) is 1. The van der Waals surface area contributed by atoms with Crippen molar-refractivity contribution in [3.63, 3.8) is 0 Å². The van der Waals surface area contributed by atoms with Crippen molar-refractivity contribution in [1.29, 1.82) is 0 Å². The summed E-state index contributed by atoms with van der Waals surface area (Å²) in [6.45, 7) is 8.61. The van der Waals surface area contributed by atoms with E-state index in [1.165, 1.54) is 11.8 Å². The molecule has 0 aliphatic rings. The van der Waals surface area contributed by atoms with E-state index in [1.54, 1.807) is 0 Å². The molecule has 0 aliphatic carbocycles. The van der Waals surface area contributed by atoms with Gasteiger partial charge in [0.2, 0.25) is 5.91 Å². The van der Waals surface area contributed by atoms with Gasteiger partial charge in [-0.2, -0.15) is 0 Å². The van der Waals surface area contributed by atoms with E-state index in [-0.39, 0.29) is 11.9 Å². The van der Waals surface area contributed by atoms with E-state index in [1.807, 2.05) is 47.9 Å². The number of aryl methyl sites for hydroxylation is 1.